The minimum absolute atomic E-state index is 0.0154. The molecule has 1 saturated heterocycles. The molecule has 0 spiro atoms. The summed E-state index contributed by atoms with van der Waals surface area (Å²) in [6, 6.07) is 1.59. The van der Waals surface area contributed by atoms with Crippen LogP contribution in [-0.2, 0) is 19.1 Å². The van der Waals surface area contributed by atoms with Crippen LogP contribution in [0.15, 0.2) is 10.6 Å². The Labute approximate surface area is 171 Å². The van der Waals surface area contributed by atoms with Crippen molar-refractivity contribution in [3.8, 4) is 0 Å². The summed E-state index contributed by atoms with van der Waals surface area (Å²) < 4.78 is 10.5. The number of hydrogen-bond acceptors (Lipinski definition) is 6. The molecule has 2 heterocycles. The van der Waals surface area contributed by atoms with Gasteiger partial charge in [-0.15, -0.1) is 0 Å². The van der Waals surface area contributed by atoms with Crippen molar-refractivity contribution in [1.82, 2.24) is 15.8 Å². The summed E-state index contributed by atoms with van der Waals surface area (Å²) in [5.41, 5.74) is 0. The molecule has 0 bridgehead atoms. The third-order valence-electron chi connectivity index (χ3n) is 4.66. The van der Waals surface area contributed by atoms with E-state index < -0.39 is 0 Å². The van der Waals surface area contributed by atoms with E-state index in [0.717, 1.165) is 19.3 Å². The van der Waals surface area contributed by atoms with Crippen molar-refractivity contribution in [3.05, 3.63) is 11.8 Å². The van der Waals surface area contributed by atoms with Crippen molar-refractivity contribution >= 4 is 23.5 Å². The Morgan fingerprint density at radius 2 is 2.03 bits per heavy atom. The molecule has 29 heavy (non-hydrogen) atoms. The van der Waals surface area contributed by atoms with Crippen molar-refractivity contribution in [2.75, 3.05) is 31.1 Å². The van der Waals surface area contributed by atoms with Gasteiger partial charge >= 0.3 is 0 Å². The van der Waals surface area contributed by atoms with Gasteiger partial charge in [0.15, 0.2) is 5.82 Å². The summed E-state index contributed by atoms with van der Waals surface area (Å²) in [4.78, 5) is 38.2. The Balaban J connectivity index is 1.86. The molecule has 1 aromatic rings. The first-order valence-corrected chi connectivity index (χ1v) is 10.2. The molecule has 0 aromatic carbocycles. The normalized spacial score (nSPS) is 16.1. The number of carbonyl (C=O) groups is 3. The Bertz CT molecular complexity index is 682. The molecule has 162 valence electrons. The molecule has 9 heteroatoms. The fourth-order valence-corrected chi connectivity index (χ4v) is 2.95. The maximum Gasteiger partial charge on any atom is 0.240 e. The van der Waals surface area contributed by atoms with Crippen LogP contribution in [0.25, 0.3) is 0 Å². The van der Waals surface area contributed by atoms with E-state index in [2.05, 4.69) is 29.6 Å². The van der Waals surface area contributed by atoms with Gasteiger partial charge in [0.1, 0.15) is 12.3 Å². The van der Waals surface area contributed by atoms with Crippen LogP contribution in [0, 0.1) is 12.8 Å². The number of anilines is 1. The summed E-state index contributed by atoms with van der Waals surface area (Å²) in [7, 11) is 0. The number of aryl methyl sites for hydroxylation is 1. The van der Waals surface area contributed by atoms with E-state index in [9.17, 15) is 14.4 Å². The molecule has 1 fully saturated rings. The minimum Gasteiger partial charge on any atom is -0.376 e. The number of nitrogens with one attached hydrogen (secondary N) is 2. The summed E-state index contributed by atoms with van der Waals surface area (Å²) >= 11 is 0. The highest BCUT2D eigenvalue weighted by Crippen LogP contribution is 2.16. The van der Waals surface area contributed by atoms with Gasteiger partial charge in [0, 0.05) is 38.6 Å². The number of rotatable bonds is 11. The first-order valence-electron chi connectivity index (χ1n) is 10.2. The van der Waals surface area contributed by atoms with Crippen molar-refractivity contribution < 1.29 is 23.6 Å². The van der Waals surface area contributed by atoms with Gasteiger partial charge in [0.05, 0.1) is 6.10 Å². The first kappa shape index (κ1) is 22.9. The monoisotopic (exact) mass is 408 g/mol. The van der Waals surface area contributed by atoms with Gasteiger partial charge in [-0.1, -0.05) is 19.0 Å². The van der Waals surface area contributed by atoms with E-state index >= 15 is 0 Å². The second-order valence-electron chi connectivity index (χ2n) is 7.75. The highest BCUT2D eigenvalue weighted by molar-refractivity contribution is 5.99. The molecular formula is C20H32N4O5. The quantitative estimate of drug-likeness (QED) is 0.574. The predicted octanol–water partition coefficient (Wildman–Crippen LogP) is 1.55. The van der Waals surface area contributed by atoms with Crippen molar-refractivity contribution in [2.45, 2.75) is 59.0 Å². The number of ether oxygens (including phenoxy) is 1. The molecule has 0 unspecified atom stereocenters. The molecule has 9 nitrogen and oxygen atoms in total. The SMILES string of the molecule is Cc1cc(N(CC(=O)NC[C@H]2CCCO2)C(=O)CCC(=O)NCCC(C)C)no1. The van der Waals surface area contributed by atoms with Gasteiger partial charge in [-0.05, 0) is 32.1 Å². The zero-order chi connectivity index (χ0) is 21.2. The fraction of sp³-hybridized carbons (Fsp3) is 0.700. The van der Waals surface area contributed by atoms with Crippen LogP contribution in [0.1, 0.15) is 51.7 Å². The van der Waals surface area contributed by atoms with Crippen LogP contribution >= 0.6 is 0 Å². The number of amides is 3. The van der Waals surface area contributed by atoms with Gasteiger partial charge in [-0.2, -0.15) is 0 Å². The number of nitrogens with zero attached hydrogens (tertiary/aromatic N) is 2. The van der Waals surface area contributed by atoms with Gasteiger partial charge in [-0.25, -0.2) is 0 Å². The summed E-state index contributed by atoms with van der Waals surface area (Å²) in [5, 5.41) is 9.45. The largest absolute Gasteiger partial charge is 0.376 e. The molecule has 1 aromatic heterocycles. The zero-order valence-electron chi connectivity index (χ0n) is 17.5. The molecule has 1 aliphatic rings. The van der Waals surface area contributed by atoms with E-state index in [-0.39, 0.29) is 49.0 Å². The lowest BCUT2D eigenvalue weighted by molar-refractivity contribution is -0.126. The number of aromatic nitrogens is 1. The third kappa shape index (κ3) is 8.23. The van der Waals surface area contributed by atoms with Crippen LogP contribution in [0.4, 0.5) is 5.82 Å². The summed E-state index contributed by atoms with van der Waals surface area (Å²) in [5.74, 6) is 0.443. The van der Waals surface area contributed by atoms with Crippen LogP contribution in [0.5, 0.6) is 0 Å². The molecule has 0 saturated carbocycles. The summed E-state index contributed by atoms with van der Waals surface area (Å²) in [6.07, 6.45) is 2.85. The molecule has 1 aliphatic heterocycles. The van der Waals surface area contributed by atoms with Crippen LogP contribution in [-0.4, -0.2) is 55.2 Å². The van der Waals surface area contributed by atoms with Crippen molar-refractivity contribution in [3.63, 3.8) is 0 Å². The van der Waals surface area contributed by atoms with Crippen LogP contribution in [0.3, 0.4) is 0 Å². The van der Waals surface area contributed by atoms with E-state index in [1.807, 2.05) is 0 Å². The van der Waals surface area contributed by atoms with Gasteiger partial charge in [-0.3, -0.25) is 19.3 Å². The van der Waals surface area contributed by atoms with E-state index in [4.69, 9.17) is 9.26 Å². The van der Waals surface area contributed by atoms with Gasteiger partial charge < -0.3 is 19.9 Å². The third-order valence-corrected chi connectivity index (χ3v) is 4.66. The van der Waals surface area contributed by atoms with Gasteiger partial charge in [0.2, 0.25) is 17.7 Å². The van der Waals surface area contributed by atoms with Crippen molar-refractivity contribution in [2.24, 2.45) is 5.92 Å². The van der Waals surface area contributed by atoms with Gasteiger partial charge in [0.25, 0.3) is 0 Å². The van der Waals surface area contributed by atoms with Crippen LogP contribution < -0.4 is 15.5 Å². The average molecular weight is 408 g/mol. The Morgan fingerprint density at radius 1 is 1.24 bits per heavy atom. The first-order chi connectivity index (χ1) is 13.8. The zero-order valence-corrected chi connectivity index (χ0v) is 17.5. The lowest BCUT2D eigenvalue weighted by atomic mass is 10.1. The highest BCUT2D eigenvalue weighted by Gasteiger charge is 2.24. The second-order valence-corrected chi connectivity index (χ2v) is 7.75. The Hall–Kier alpha value is -2.42. The topological polar surface area (TPSA) is 114 Å². The molecule has 1 atom stereocenters. The summed E-state index contributed by atoms with van der Waals surface area (Å²) in [6.45, 7) is 7.39. The standard InChI is InChI=1S/C20H32N4O5/c1-14(2)8-9-21-18(25)6-7-20(27)24(17-11-15(3)29-23-17)13-19(26)22-12-16-5-4-10-28-16/h11,14,16H,4-10,12-13H2,1-3H3,(H,21,25)(H,22,26)/t16-/m1/s1. The Kier molecular flexibility index (Phi) is 9.11. The molecule has 0 aliphatic carbocycles. The maximum absolute atomic E-state index is 12.7. The van der Waals surface area contributed by atoms with E-state index in [1.165, 1.54) is 4.90 Å². The molecular weight excluding hydrogens is 376 g/mol. The average Bonchev–Trinajstić information content (AvgIpc) is 3.34. The Morgan fingerprint density at radius 3 is 2.66 bits per heavy atom. The predicted molar refractivity (Wildman–Crippen MR) is 107 cm³/mol. The van der Waals surface area contributed by atoms with Crippen molar-refractivity contribution in [1.29, 1.82) is 0 Å². The van der Waals surface area contributed by atoms with E-state index in [1.54, 1.807) is 13.0 Å². The molecule has 2 N–H and O–H groups in total. The second kappa shape index (κ2) is 11.5. The van der Waals surface area contributed by atoms with Crippen LogP contribution in [0.2, 0.25) is 0 Å². The molecule has 3 amide bonds. The molecule has 2 rings (SSSR count). The number of carbonyl (C=O) groups excluding carboxylic acids is 3. The lowest BCUT2D eigenvalue weighted by Crippen LogP contribution is -2.43. The minimum atomic E-state index is -0.357. The molecule has 0 radical (unpaired) electrons. The van der Waals surface area contributed by atoms with E-state index in [0.29, 0.717) is 31.4 Å². The number of hydrogen-bond donors (Lipinski definition) is 2. The highest BCUT2D eigenvalue weighted by atomic mass is 16.5. The lowest BCUT2D eigenvalue weighted by Gasteiger charge is -2.20. The maximum atomic E-state index is 12.7. The fourth-order valence-electron chi connectivity index (χ4n) is 2.95. The smallest absolute Gasteiger partial charge is 0.240 e.